The number of rotatable bonds is 1. The topological polar surface area (TPSA) is 23.5 Å². The molecule has 1 aromatic carbocycles. The minimum absolute atomic E-state index is 0. The summed E-state index contributed by atoms with van der Waals surface area (Å²) in [4.78, 5) is 3.57. The molecule has 0 unspecified atom stereocenters. The van der Waals surface area contributed by atoms with E-state index >= 15 is 0 Å². The summed E-state index contributed by atoms with van der Waals surface area (Å²) in [6, 6.07) is 10.6. The summed E-state index contributed by atoms with van der Waals surface area (Å²) in [7, 11) is 0. The monoisotopic (exact) mass is 295 g/mol. The van der Waals surface area contributed by atoms with Crippen molar-refractivity contribution in [2.45, 2.75) is 18.4 Å². The fourth-order valence-corrected chi connectivity index (χ4v) is 4.74. The molecule has 0 amide bonds. The van der Waals surface area contributed by atoms with E-state index in [0.29, 0.717) is 5.92 Å². The van der Waals surface area contributed by atoms with Crippen LogP contribution in [0.25, 0.3) is 10.1 Å². The third-order valence-corrected chi connectivity index (χ3v) is 5.86. The molecule has 19 heavy (non-hydrogen) atoms. The van der Waals surface area contributed by atoms with Gasteiger partial charge in [-0.2, -0.15) is 0 Å². The summed E-state index contributed by atoms with van der Waals surface area (Å²) in [6.45, 7) is 3.15. The second-order valence-electron chi connectivity index (χ2n) is 5.62. The second kappa shape index (κ2) is 4.74. The molecule has 3 aliphatic heterocycles. The molecule has 0 saturated carbocycles. The molecule has 4 heteroatoms. The summed E-state index contributed by atoms with van der Waals surface area (Å²) < 4.78 is 1.29. The van der Waals surface area contributed by atoms with Gasteiger partial charge in [-0.3, -0.25) is 0 Å². The second-order valence-corrected chi connectivity index (χ2v) is 6.71. The van der Waals surface area contributed by atoms with E-state index in [1.165, 1.54) is 10.1 Å². The smallest absolute Gasteiger partial charge is 0.114 e. The Hall–Kier alpha value is -0.610. The van der Waals surface area contributed by atoms with Crippen LogP contribution in [-0.4, -0.2) is 29.6 Å². The van der Waals surface area contributed by atoms with Gasteiger partial charge in [0.2, 0.25) is 0 Å². The van der Waals surface area contributed by atoms with Crippen molar-refractivity contribution in [3.63, 3.8) is 0 Å². The van der Waals surface area contributed by atoms with Crippen LogP contribution in [0.5, 0.6) is 0 Å². The van der Waals surface area contributed by atoms with Gasteiger partial charge >= 0.3 is 0 Å². The molecule has 1 N–H and O–H groups in total. The zero-order valence-corrected chi connectivity index (χ0v) is 12.3. The van der Waals surface area contributed by atoms with Crippen LogP contribution in [0.4, 0.5) is 0 Å². The van der Waals surface area contributed by atoms with Crippen molar-refractivity contribution >= 4 is 33.8 Å². The maximum absolute atomic E-state index is 11.1. The highest BCUT2D eigenvalue weighted by Crippen LogP contribution is 2.45. The van der Waals surface area contributed by atoms with E-state index < -0.39 is 5.60 Å². The lowest BCUT2D eigenvalue weighted by Gasteiger charge is -2.50. The zero-order valence-electron chi connectivity index (χ0n) is 10.7. The molecule has 3 saturated heterocycles. The van der Waals surface area contributed by atoms with Gasteiger partial charge in [0.15, 0.2) is 0 Å². The molecule has 3 fully saturated rings. The van der Waals surface area contributed by atoms with Gasteiger partial charge in [-0.25, -0.2) is 0 Å². The molecule has 102 valence electrons. The predicted octanol–water partition coefficient (Wildman–Crippen LogP) is 3.24. The number of fused-ring (bicyclic) bond motifs is 4. The summed E-state index contributed by atoms with van der Waals surface area (Å²) >= 11 is 1.77. The Kier molecular flexibility index (Phi) is 3.34. The number of aliphatic hydroxyl groups is 1. The lowest BCUT2D eigenvalue weighted by Crippen LogP contribution is -2.56. The van der Waals surface area contributed by atoms with E-state index in [4.69, 9.17) is 0 Å². The zero-order chi connectivity index (χ0) is 12.2. The Balaban J connectivity index is 0.00000110. The Morgan fingerprint density at radius 3 is 2.58 bits per heavy atom. The Labute approximate surface area is 123 Å². The Morgan fingerprint density at radius 2 is 1.95 bits per heavy atom. The van der Waals surface area contributed by atoms with Crippen LogP contribution in [0.1, 0.15) is 17.7 Å². The summed E-state index contributed by atoms with van der Waals surface area (Å²) in [5.74, 6) is 0.454. The molecule has 2 aromatic rings. The van der Waals surface area contributed by atoms with E-state index in [-0.39, 0.29) is 12.4 Å². The molecule has 2 bridgehead atoms. The third-order valence-electron chi connectivity index (χ3n) is 4.58. The van der Waals surface area contributed by atoms with E-state index in [1.807, 2.05) is 0 Å². The van der Waals surface area contributed by atoms with E-state index in [2.05, 4.69) is 35.2 Å². The molecule has 1 atom stereocenters. The highest BCUT2D eigenvalue weighted by molar-refractivity contribution is 7.19. The molecular weight excluding hydrogens is 278 g/mol. The highest BCUT2D eigenvalue weighted by Gasteiger charge is 2.47. The first-order valence-corrected chi connectivity index (χ1v) is 7.51. The molecule has 3 aliphatic rings. The first kappa shape index (κ1) is 13.4. The van der Waals surface area contributed by atoms with Gasteiger partial charge in [0.1, 0.15) is 5.60 Å². The van der Waals surface area contributed by atoms with E-state index in [9.17, 15) is 5.11 Å². The van der Waals surface area contributed by atoms with E-state index in [1.54, 1.807) is 11.3 Å². The molecule has 5 rings (SSSR count). The van der Waals surface area contributed by atoms with Crippen LogP contribution in [0.2, 0.25) is 0 Å². The van der Waals surface area contributed by atoms with Gasteiger partial charge in [-0.1, -0.05) is 18.2 Å². The highest BCUT2D eigenvalue weighted by atomic mass is 35.5. The molecule has 0 radical (unpaired) electrons. The number of piperidine rings is 3. The molecule has 0 spiro atoms. The van der Waals surface area contributed by atoms with Crippen molar-refractivity contribution in [3.8, 4) is 0 Å². The van der Waals surface area contributed by atoms with Crippen LogP contribution in [0.15, 0.2) is 30.3 Å². The minimum atomic E-state index is -0.597. The van der Waals surface area contributed by atoms with Crippen LogP contribution in [-0.2, 0) is 5.60 Å². The minimum Gasteiger partial charge on any atom is -0.383 e. The summed E-state index contributed by atoms with van der Waals surface area (Å²) in [5, 5.41) is 12.4. The fraction of sp³-hybridized carbons (Fsp3) is 0.467. The van der Waals surface area contributed by atoms with Crippen molar-refractivity contribution < 1.29 is 5.11 Å². The molecule has 2 nitrogen and oxygen atoms in total. The number of hydrogen-bond donors (Lipinski definition) is 1. The van der Waals surface area contributed by atoms with Crippen LogP contribution < -0.4 is 0 Å². The Morgan fingerprint density at radius 1 is 1.21 bits per heavy atom. The summed E-state index contributed by atoms with van der Waals surface area (Å²) in [5.41, 5.74) is -0.597. The number of nitrogens with zero attached hydrogens (tertiary/aromatic N) is 1. The average Bonchev–Trinajstić information content (AvgIpc) is 2.84. The van der Waals surface area contributed by atoms with Crippen molar-refractivity contribution in [1.29, 1.82) is 0 Å². The van der Waals surface area contributed by atoms with Crippen molar-refractivity contribution in [3.05, 3.63) is 35.2 Å². The largest absolute Gasteiger partial charge is 0.383 e. The Bertz CT molecular complexity index is 558. The van der Waals surface area contributed by atoms with Crippen LogP contribution in [0, 0.1) is 5.92 Å². The quantitative estimate of drug-likeness (QED) is 0.873. The fourth-order valence-electron chi connectivity index (χ4n) is 3.51. The van der Waals surface area contributed by atoms with Gasteiger partial charge in [0.05, 0.1) is 0 Å². The van der Waals surface area contributed by atoms with Gasteiger partial charge in [-0.05, 0) is 49.4 Å². The maximum Gasteiger partial charge on any atom is 0.114 e. The SMILES string of the molecule is Cl.O[C@@]1(c2cc3ccccc3s2)CN2CCC1CC2. The van der Waals surface area contributed by atoms with Crippen molar-refractivity contribution in [1.82, 2.24) is 4.90 Å². The number of thiophene rings is 1. The lowest BCUT2D eigenvalue weighted by atomic mass is 9.74. The van der Waals surface area contributed by atoms with Gasteiger partial charge < -0.3 is 10.0 Å². The molecule has 4 heterocycles. The summed E-state index contributed by atoms with van der Waals surface area (Å²) in [6.07, 6.45) is 2.29. The standard InChI is InChI=1S/C15H17NOS.ClH/c17-15(10-16-7-5-12(15)6-8-16)14-9-11-3-1-2-4-13(11)18-14;/h1-4,9,12,17H,5-8,10H2;1H/t15-;/m0./s1. The van der Waals surface area contributed by atoms with Gasteiger partial charge in [-0.15, -0.1) is 23.7 Å². The predicted molar refractivity (Wildman–Crippen MR) is 82.1 cm³/mol. The third kappa shape index (κ3) is 2.00. The van der Waals surface area contributed by atoms with Crippen molar-refractivity contribution in [2.75, 3.05) is 19.6 Å². The number of hydrogen-bond acceptors (Lipinski definition) is 3. The maximum atomic E-state index is 11.1. The average molecular weight is 296 g/mol. The first-order valence-electron chi connectivity index (χ1n) is 6.69. The molecular formula is C15H18ClNOS. The van der Waals surface area contributed by atoms with Crippen molar-refractivity contribution in [2.24, 2.45) is 5.92 Å². The van der Waals surface area contributed by atoms with Gasteiger partial charge in [0.25, 0.3) is 0 Å². The molecule has 1 aromatic heterocycles. The van der Waals surface area contributed by atoms with Gasteiger partial charge in [0, 0.05) is 16.1 Å². The molecule has 0 aliphatic carbocycles. The first-order chi connectivity index (χ1) is 8.75. The number of halogens is 1. The number of benzene rings is 1. The normalized spacial score (nSPS) is 33.3. The van der Waals surface area contributed by atoms with Crippen LogP contribution in [0.3, 0.4) is 0 Å². The van der Waals surface area contributed by atoms with E-state index in [0.717, 1.165) is 37.4 Å². The van der Waals surface area contributed by atoms with Crippen LogP contribution >= 0.6 is 23.7 Å². The lowest BCUT2D eigenvalue weighted by molar-refractivity contribution is -0.115.